The van der Waals surface area contributed by atoms with E-state index < -0.39 is 0 Å². The highest BCUT2D eigenvalue weighted by molar-refractivity contribution is 6.31. The van der Waals surface area contributed by atoms with E-state index in [0.717, 1.165) is 22.8 Å². The van der Waals surface area contributed by atoms with Crippen LogP contribution < -0.4 is 10.6 Å². The van der Waals surface area contributed by atoms with Gasteiger partial charge in [-0.05, 0) is 62.4 Å². The van der Waals surface area contributed by atoms with Crippen LogP contribution in [0.15, 0.2) is 52.9 Å². The van der Waals surface area contributed by atoms with Crippen molar-refractivity contribution in [3.63, 3.8) is 0 Å². The van der Waals surface area contributed by atoms with Crippen molar-refractivity contribution in [2.24, 2.45) is 0 Å². The van der Waals surface area contributed by atoms with E-state index in [-0.39, 0.29) is 0 Å². The highest BCUT2D eigenvalue weighted by atomic mass is 35.5. The molecule has 6 nitrogen and oxygen atoms in total. The first-order valence-corrected chi connectivity index (χ1v) is 8.45. The molecule has 0 unspecified atom stereocenters. The number of hydrogen-bond acceptors (Lipinski definition) is 6. The number of aryl methyl sites for hydroxylation is 2. The minimum atomic E-state index is 0.417. The van der Waals surface area contributed by atoms with E-state index in [0.29, 0.717) is 28.1 Å². The Bertz CT molecular complexity index is 1050. The molecule has 0 saturated heterocycles. The molecule has 2 aromatic carbocycles. The third-order valence-corrected chi connectivity index (χ3v) is 3.96. The molecule has 0 saturated carbocycles. The van der Waals surface area contributed by atoms with Crippen LogP contribution in [0.4, 0.5) is 23.3 Å². The van der Waals surface area contributed by atoms with Gasteiger partial charge in [-0.15, -0.1) is 0 Å². The number of fused-ring (bicyclic) bond motifs is 1. The zero-order valence-corrected chi connectivity index (χ0v) is 15.0. The van der Waals surface area contributed by atoms with Gasteiger partial charge >= 0.3 is 0 Å². The third kappa shape index (κ3) is 3.60. The van der Waals surface area contributed by atoms with E-state index in [1.165, 1.54) is 0 Å². The lowest BCUT2D eigenvalue weighted by molar-refractivity contribution is 0.623. The molecule has 0 radical (unpaired) electrons. The Morgan fingerprint density at radius 1 is 0.808 bits per heavy atom. The molecular weight excluding hydrogens is 350 g/mol. The van der Waals surface area contributed by atoms with Gasteiger partial charge in [0.1, 0.15) is 5.52 Å². The zero-order valence-electron chi connectivity index (χ0n) is 14.2. The number of rotatable bonds is 4. The first-order chi connectivity index (χ1) is 12.5. The molecule has 0 aliphatic carbocycles. The number of aromatic nitrogens is 3. The SMILES string of the molecule is Cc1cc(C)nc(Nc2ccc(Nc3nc4cc(Cl)ccc4o3)cc2)n1. The van der Waals surface area contributed by atoms with E-state index in [1.807, 2.05) is 44.2 Å². The highest BCUT2D eigenvalue weighted by Gasteiger charge is 2.07. The van der Waals surface area contributed by atoms with Gasteiger partial charge in [-0.25, -0.2) is 9.97 Å². The van der Waals surface area contributed by atoms with Crippen molar-refractivity contribution >= 4 is 46.0 Å². The van der Waals surface area contributed by atoms with E-state index in [4.69, 9.17) is 16.0 Å². The quantitative estimate of drug-likeness (QED) is 0.506. The Morgan fingerprint density at radius 2 is 1.46 bits per heavy atom. The molecule has 0 amide bonds. The molecule has 2 heterocycles. The van der Waals surface area contributed by atoms with Gasteiger partial charge in [0.2, 0.25) is 5.95 Å². The Morgan fingerprint density at radius 3 is 2.15 bits per heavy atom. The molecule has 0 atom stereocenters. The maximum absolute atomic E-state index is 5.97. The van der Waals surface area contributed by atoms with Gasteiger partial charge in [-0.2, -0.15) is 4.98 Å². The Balaban J connectivity index is 1.49. The van der Waals surface area contributed by atoms with Gasteiger partial charge in [0.25, 0.3) is 6.01 Å². The lowest BCUT2D eigenvalue weighted by atomic mass is 10.3. The molecule has 4 rings (SSSR count). The molecule has 0 aliphatic rings. The van der Waals surface area contributed by atoms with Crippen LogP contribution >= 0.6 is 11.6 Å². The molecule has 0 spiro atoms. The number of hydrogen-bond donors (Lipinski definition) is 2. The smallest absolute Gasteiger partial charge is 0.300 e. The summed E-state index contributed by atoms with van der Waals surface area (Å²) in [6.45, 7) is 3.89. The summed E-state index contributed by atoms with van der Waals surface area (Å²) in [7, 11) is 0. The van der Waals surface area contributed by atoms with Crippen molar-refractivity contribution in [1.82, 2.24) is 15.0 Å². The fraction of sp³-hybridized carbons (Fsp3) is 0.105. The minimum absolute atomic E-state index is 0.417. The Hall–Kier alpha value is -3.12. The largest absolute Gasteiger partial charge is 0.423 e. The van der Waals surface area contributed by atoms with E-state index in [1.54, 1.807) is 18.2 Å². The van der Waals surface area contributed by atoms with Crippen molar-refractivity contribution < 1.29 is 4.42 Å². The van der Waals surface area contributed by atoms with Gasteiger partial charge in [-0.3, -0.25) is 0 Å². The normalized spacial score (nSPS) is 10.9. The lowest BCUT2D eigenvalue weighted by Crippen LogP contribution is -2.00. The van der Waals surface area contributed by atoms with Crippen LogP contribution in [0.5, 0.6) is 0 Å². The fourth-order valence-electron chi connectivity index (χ4n) is 2.63. The Labute approximate surface area is 155 Å². The second-order valence-corrected chi connectivity index (χ2v) is 6.37. The third-order valence-electron chi connectivity index (χ3n) is 3.72. The Kier molecular flexibility index (Phi) is 4.18. The van der Waals surface area contributed by atoms with Crippen LogP contribution in [0.2, 0.25) is 5.02 Å². The fourth-order valence-corrected chi connectivity index (χ4v) is 2.79. The summed E-state index contributed by atoms with van der Waals surface area (Å²) in [6, 6.07) is 15.4. The molecule has 2 N–H and O–H groups in total. The predicted octanol–water partition coefficient (Wildman–Crippen LogP) is 5.38. The summed E-state index contributed by atoms with van der Waals surface area (Å²) >= 11 is 5.97. The molecule has 130 valence electrons. The van der Waals surface area contributed by atoms with Crippen LogP contribution in [0.25, 0.3) is 11.1 Å². The number of nitrogens with one attached hydrogen (secondary N) is 2. The van der Waals surface area contributed by atoms with Crippen LogP contribution in [0.3, 0.4) is 0 Å². The molecule has 2 aromatic heterocycles. The maximum Gasteiger partial charge on any atom is 0.300 e. The molecular formula is C19H16ClN5O. The summed E-state index contributed by atoms with van der Waals surface area (Å²) < 4.78 is 5.66. The molecule has 0 fully saturated rings. The van der Waals surface area contributed by atoms with E-state index in [2.05, 4.69) is 25.6 Å². The van der Waals surface area contributed by atoms with Crippen molar-refractivity contribution in [3.8, 4) is 0 Å². The van der Waals surface area contributed by atoms with Crippen LogP contribution in [0.1, 0.15) is 11.4 Å². The number of benzene rings is 2. The number of nitrogens with zero attached hydrogens (tertiary/aromatic N) is 3. The number of oxazole rings is 1. The summed E-state index contributed by atoms with van der Waals surface area (Å²) in [5.74, 6) is 0.582. The monoisotopic (exact) mass is 365 g/mol. The zero-order chi connectivity index (χ0) is 18.1. The average Bonchev–Trinajstić information content (AvgIpc) is 2.97. The first kappa shape index (κ1) is 16.4. The molecule has 26 heavy (non-hydrogen) atoms. The van der Waals surface area contributed by atoms with Crippen LogP contribution in [-0.2, 0) is 0 Å². The second kappa shape index (κ2) is 6.65. The van der Waals surface area contributed by atoms with E-state index >= 15 is 0 Å². The average molecular weight is 366 g/mol. The summed E-state index contributed by atoms with van der Waals surface area (Å²) in [4.78, 5) is 13.1. The van der Waals surface area contributed by atoms with Gasteiger partial charge in [0.05, 0.1) is 0 Å². The standard InChI is InChI=1S/C19H16ClN5O/c1-11-9-12(2)22-18(21-11)23-14-4-6-15(7-5-14)24-19-25-16-10-13(20)3-8-17(16)26-19/h3-10H,1-2H3,(H,24,25)(H,21,22,23). The lowest BCUT2D eigenvalue weighted by Gasteiger charge is -2.07. The van der Waals surface area contributed by atoms with Crippen molar-refractivity contribution in [2.75, 3.05) is 10.6 Å². The van der Waals surface area contributed by atoms with E-state index in [9.17, 15) is 0 Å². The predicted molar refractivity (Wildman–Crippen MR) is 104 cm³/mol. The van der Waals surface area contributed by atoms with Gasteiger partial charge in [0, 0.05) is 27.8 Å². The van der Waals surface area contributed by atoms with Gasteiger partial charge < -0.3 is 15.1 Å². The molecule has 0 aliphatic heterocycles. The molecule has 4 aromatic rings. The van der Waals surface area contributed by atoms with Gasteiger partial charge in [-0.1, -0.05) is 11.6 Å². The van der Waals surface area contributed by atoms with Crippen LogP contribution in [0, 0.1) is 13.8 Å². The van der Waals surface area contributed by atoms with Crippen molar-refractivity contribution in [3.05, 3.63) is 64.9 Å². The molecule has 0 bridgehead atoms. The topological polar surface area (TPSA) is 75.9 Å². The number of halogens is 1. The van der Waals surface area contributed by atoms with Crippen molar-refractivity contribution in [2.45, 2.75) is 13.8 Å². The van der Waals surface area contributed by atoms with Crippen molar-refractivity contribution in [1.29, 1.82) is 0 Å². The van der Waals surface area contributed by atoms with Crippen LogP contribution in [-0.4, -0.2) is 15.0 Å². The number of anilines is 4. The summed E-state index contributed by atoms with van der Waals surface area (Å²) in [5, 5.41) is 6.97. The minimum Gasteiger partial charge on any atom is -0.423 e. The first-order valence-electron chi connectivity index (χ1n) is 8.08. The highest BCUT2D eigenvalue weighted by Crippen LogP contribution is 2.25. The summed E-state index contributed by atoms with van der Waals surface area (Å²) in [6.07, 6.45) is 0. The molecule has 7 heteroatoms. The second-order valence-electron chi connectivity index (χ2n) is 5.93. The van der Waals surface area contributed by atoms with Gasteiger partial charge in [0.15, 0.2) is 5.58 Å². The summed E-state index contributed by atoms with van der Waals surface area (Å²) in [5.41, 5.74) is 5.00. The maximum atomic E-state index is 5.97.